The Hall–Kier alpha value is -4.61. The molecule has 4 unspecified atom stereocenters. The Morgan fingerprint density at radius 3 is 0.728 bits per heavy atom. The first-order chi connectivity index (χ1) is 50.2. The fourth-order valence-electron chi connectivity index (χ4n) is 13.4. The van der Waals surface area contributed by atoms with Crippen molar-refractivity contribution in [1.82, 2.24) is 25.8 Å². The molecule has 0 saturated carbocycles. The van der Waals surface area contributed by atoms with Crippen LogP contribution in [0.2, 0.25) is 0 Å². The van der Waals surface area contributed by atoms with Crippen LogP contribution in [0.15, 0.2) is 18.2 Å². The Labute approximate surface area is 630 Å². The van der Waals surface area contributed by atoms with E-state index in [0.717, 1.165) is 309 Å². The van der Waals surface area contributed by atoms with E-state index in [2.05, 4.69) is 81.1 Å². The maximum atomic E-state index is 14.0. The molecule has 0 aliphatic heterocycles. The number of rotatable bonds is 74. The summed E-state index contributed by atoms with van der Waals surface area (Å²) in [6.07, 6.45) is 50.4. The van der Waals surface area contributed by atoms with Crippen molar-refractivity contribution in [3.8, 4) is 0 Å². The molecule has 17 nitrogen and oxygen atoms in total. The van der Waals surface area contributed by atoms with E-state index in [1.54, 1.807) is 18.2 Å². The van der Waals surface area contributed by atoms with Gasteiger partial charge in [0.05, 0.1) is 0 Å². The van der Waals surface area contributed by atoms with Crippen LogP contribution in [0.5, 0.6) is 0 Å². The first-order valence-corrected chi connectivity index (χ1v) is 43.1. The number of nitrogens with one attached hydrogen (secondary N) is 3. The van der Waals surface area contributed by atoms with Gasteiger partial charge in [-0.3, -0.25) is 33.6 Å². The second kappa shape index (κ2) is 69.2. The molecule has 1 rings (SSSR count). The summed E-state index contributed by atoms with van der Waals surface area (Å²) in [6.45, 7) is 24.4. The lowest BCUT2D eigenvalue weighted by molar-refractivity contribution is -0.150. The molecule has 1 aromatic carbocycles. The summed E-state index contributed by atoms with van der Waals surface area (Å²) < 4.78 is 23.2. The summed E-state index contributed by atoms with van der Waals surface area (Å²) in [6, 6.07) is 4.74. The molecular formula is C86H158N6O11. The van der Waals surface area contributed by atoms with Gasteiger partial charge in [0.25, 0.3) is 17.7 Å². The molecule has 0 heterocycles. The van der Waals surface area contributed by atoms with Crippen LogP contribution >= 0.6 is 0 Å². The molecule has 0 aromatic heterocycles. The number of carbonyl (C=O) groups excluding carboxylic acids is 7. The average molecular weight is 1450 g/mol. The maximum Gasteiger partial charge on any atom is 0.306 e. The Bertz CT molecular complexity index is 2020. The molecular weight excluding hydrogens is 1290 g/mol. The molecule has 0 radical (unpaired) electrons. The van der Waals surface area contributed by atoms with Crippen molar-refractivity contribution in [2.24, 2.45) is 5.73 Å². The zero-order valence-electron chi connectivity index (χ0n) is 67.6. The van der Waals surface area contributed by atoms with E-state index in [1.165, 1.54) is 25.7 Å². The van der Waals surface area contributed by atoms with Crippen molar-refractivity contribution < 1.29 is 52.5 Å². The number of benzene rings is 1. The summed E-state index contributed by atoms with van der Waals surface area (Å²) in [5, 5.41) is 9.13. The van der Waals surface area contributed by atoms with Crippen molar-refractivity contribution in [2.75, 3.05) is 65.4 Å². The number of nitrogens with zero attached hydrogens (tertiary/aromatic N) is 2. The van der Waals surface area contributed by atoms with Crippen LogP contribution in [0.4, 0.5) is 0 Å². The standard InChI is InChI=1S/C86H158N6O11/c1-9-17-37-52-76(13-5)100-80(93)56-41-29-21-25-33-45-64-91(65-46-34-26-22-30-42-57-81(94)101-77(14-6)53-38-18-10-2)68-50-62-89-85(98)74-70-73(84(97)88-61-49-60-87)71-75(72-74)86(99)90-63-51-69-92(66-47-35-27-23-31-43-58-82(95)102-78(15-7)54-39-19-11-3)67-48-36-28-24-32-44-59-83(96)103-79(16-8)55-40-20-12-4/h70-72,76-79H,9-69,87H2,1-8H3,(H,88,97)(H,89,98)(H,90,99). The minimum absolute atomic E-state index is 0.0377. The van der Waals surface area contributed by atoms with Gasteiger partial charge >= 0.3 is 23.9 Å². The van der Waals surface area contributed by atoms with Gasteiger partial charge in [-0.25, -0.2) is 0 Å². The first-order valence-electron chi connectivity index (χ1n) is 43.1. The smallest absolute Gasteiger partial charge is 0.306 e. The van der Waals surface area contributed by atoms with Crippen molar-refractivity contribution in [3.63, 3.8) is 0 Å². The highest BCUT2D eigenvalue weighted by molar-refractivity contribution is 6.04. The number of hydrogen-bond acceptors (Lipinski definition) is 14. The van der Waals surface area contributed by atoms with Gasteiger partial charge in [-0.2, -0.15) is 0 Å². The zero-order chi connectivity index (χ0) is 75.4. The van der Waals surface area contributed by atoms with Crippen LogP contribution < -0.4 is 21.7 Å². The zero-order valence-corrected chi connectivity index (χ0v) is 67.6. The highest BCUT2D eigenvalue weighted by atomic mass is 16.6. The fraction of sp³-hybridized carbons (Fsp3) is 0.849. The number of nitrogens with two attached hydrogens (primary N) is 1. The molecule has 1 aromatic rings. The van der Waals surface area contributed by atoms with Gasteiger partial charge in [0.2, 0.25) is 0 Å². The van der Waals surface area contributed by atoms with E-state index in [4.69, 9.17) is 24.7 Å². The van der Waals surface area contributed by atoms with E-state index in [1.807, 2.05) is 0 Å². The molecule has 0 fully saturated rings. The Morgan fingerprint density at radius 2 is 0.505 bits per heavy atom. The van der Waals surface area contributed by atoms with Crippen LogP contribution in [0, 0.1) is 0 Å². The lowest BCUT2D eigenvalue weighted by Gasteiger charge is -2.22. The highest BCUT2D eigenvalue weighted by Gasteiger charge is 2.20. The van der Waals surface area contributed by atoms with E-state index in [-0.39, 0.29) is 82.7 Å². The first kappa shape index (κ1) is 96.4. The normalized spacial score (nSPS) is 12.7. The average Bonchev–Trinajstić information content (AvgIpc) is 0.838. The van der Waals surface area contributed by atoms with Crippen molar-refractivity contribution in [3.05, 3.63) is 34.9 Å². The number of esters is 4. The minimum atomic E-state index is -0.364. The Balaban J connectivity index is 2.99. The van der Waals surface area contributed by atoms with Crippen LogP contribution in [-0.2, 0) is 38.1 Å². The molecule has 17 heteroatoms. The second-order valence-electron chi connectivity index (χ2n) is 29.6. The van der Waals surface area contributed by atoms with E-state index in [0.29, 0.717) is 58.3 Å². The summed E-state index contributed by atoms with van der Waals surface area (Å²) in [7, 11) is 0. The number of unbranched alkanes of at least 4 members (excludes halogenated alkanes) is 28. The van der Waals surface area contributed by atoms with E-state index >= 15 is 0 Å². The van der Waals surface area contributed by atoms with Crippen LogP contribution in [0.3, 0.4) is 0 Å². The predicted molar refractivity (Wildman–Crippen MR) is 426 cm³/mol. The summed E-state index contributed by atoms with van der Waals surface area (Å²) in [4.78, 5) is 96.9. The molecule has 3 amide bonds. The third-order valence-corrected chi connectivity index (χ3v) is 20.2. The largest absolute Gasteiger partial charge is 0.462 e. The third kappa shape index (κ3) is 55.5. The summed E-state index contributed by atoms with van der Waals surface area (Å²) >= 11 is 0. The van der Waals surface area contributed by atoms with Gasteiger partial charge in [-0.1, -0.05) is 209 Å². The molecule has 103 heavy (non-hydrogen) atoms. The molecule has 0 bridgehead atoms. The maximum absolute atomic E-state index is 14.0. The molecule has 0 spiro atoms. The number of carbonyl (C=O) groups is 7. The van der Waals surface area contributed by atoms with Gasteiger partial charge in [0.15, 0.2) is 0 Å². The van der Waals surface area contributed by atoms with Gasteiger partial charge in [0, 0.05) is 62.0 Å². The summed E-state index contributed by atoms with van der Waals surface area (Å²) in [5.41, 5.74) is 6.52. The van der Waals surface area contributed by atoms with Crippen LogP contribution in [-0.4, -0.2) is 141 Å². The molecule has 0 aliphatic carbocycles. The Kier molecular flexibility index (Phi) is 64.7. The molecule has 4 atom stereocenters. The summed E-state index contributed by atoms with van der Waals surface area (Å²) in [5.74, 6) is -1.27. The highest BCUT2D eigenvalue weighted by Crippen LogP contribution is 2.20. The SMILES string of the molecule is CCCCCC(CC)OC(=O)CCCCCCCCN(CCCCCCCCC(=O)OC(CC)CCCCC)CCCNC(=O)c1cc(C(=O)NCCCN)cc(C(=O)NCCCN(CCCCCCCCC(=O)OC(CC)CCCCC)CCCCCCCCC(=O)OC(CC)CCCCC)c1. The van der Waals surface area contributed by atoms with E-state index in [9.17, 15) is 33.6 Å². The van der Waals surface area contributed by atoms with Gasteiger partial charge in [-0.15, -0.1) is 0 Å². The topological polar surface area (TPSA) is 225 Å². The lowest BCUT2D eigenvalue weighted by atomic mass is 10.0. The van der Waals surface area contributed by atoms with Crippen molar-refractivity contribution >= 4 is 41.6 Å². The molecule has 0 aliphatic rings. The fourth-order valence-corrected chi connectivity index (χ4v) is 13.4. The predicted octanol–water partition coefficient (Wildman–Crippen LogP) is 20.1. The molecule has 5 N–H and O–H groups in total. The van der Waals surface area contributed by atoms with Crippen molar-refractivity contribution in [2.45, 2.75) is 407 Å². The lowest BCUT2D eigenvalue weighted by Crippen LogP contribution is -2.33. The van der Waals surface area contributed by atoms with Crippen LogP contribution in [0.1, 0.15) is 414 Å². The number of hydrogen-bond donors (Lipinski definition) is 4. The number of amides is 3. The number of ether oxygens (including phenoxy) is 4. The molecule has 598 valence electrons. The van der Waals surface area contributed by atoms with E-state index < -0.39 is 0 Å². The third-order valence-electron chi connectivity index (χ3n) is 20.2. The quantitative estimate of drug-likeness (QED) is 0.0270. The van der Waals surface area contributed by atoms with Gasteiger partial charge in [0.1, 0.15) is 24.4 Å². The second-order valence-corrected chi connectivity index (χ2v) is 29.6. The van der Waals surface area contributed by atoms with Gasteiger partial charge < -0.3 is 50.4 Å². The minimum Gasteiger partial charge on any atom is -0.462 e. The molecule has 0 saturated heterocycles. The van der Waals surface area contributed by atoms with Crippen molar-refractivity contribution in [1.29, 1.82) is 0 Å². The van der Waals surface area contributed by atoms with Gasteiger partial charge in [-0.05, 0) is 212 Å². The monoisotopic (exact) mass is 1450 g/mol. The van der Waals surface area contributed by atoms with Crippen LogP contribution in [0.25, 0.3) is 0 Å². The Morgan fingerprint density at radius 1 is 0.291 bits per heavy atom.